The predicted octanol–water partition coefficient (Wildman–Crippen LogP) is 2.41. The fourth-order valence-electron chi connectivity index (χ4n) is 3.94. The van der Waals surface area contributed by atoms with Crippen molar-refractivity contribution in [2.24, 2.45) is 23.2 Å². The van der Waals surface area contributed by atoms with Crippen molar-refractivity contribution in [2.45, 2.75) is 59.8 Å². The average Bonchev–Trinajstić information content (AvgIpc) is 2.59. The molecule has 144 valence electrons. The molecule has 2 atom stereocenters. The fourth-order valence-corrected chi connectivity index (χ4v) is 3.94. The number of nitrogens with one attached hydrogen (secondary N) is 2. The van der Waals surface area contributed by atoms with Crippen LogP contribution >= 0.6 is 0 Å². The smallest absolute Gasteiger partial charge is 0.225 e. The quantitative estimate of drug-likeness (QED) is 0.800. The molecule has 2 rings (SSSR count). The number of hydrogen-bond acceptors (Lipinski definition) is 3. The Morgan fingerprint density at radius 2 is 1.88 bits per heavy atom. The summed E-state index contributed by atoms with van der Waals surface area (Å²) < 4.78 is 0. The molecule has 2 heterocycles. The molecule has 0 saturated carbocycles. The number of nitrogens with zero attached hydrogens (tertiary/aromatic N) is 1. The van der Waals surface area contributed by atoms with E-state index in [4.69, 9.17) is 0 Å². The second kappa shape index (κ2) is 9.02. The molecule has 2 amide bonds. The van der Waals surface area contributed by atoms with Gasteiger partial charge in [0.15, 0.2) is 0 Å². The lowest BCUT2D eigenvalue weighted by atomic mass is 9.83. The summed E-state index contributed by atoms with van der Waals surface area (Å²) in [5.41, 5.74) is -0.353. The highest BCUT2D eigenvalue weighted by Crippen LogP contribution is 2.26. The van der Waals surface area contributed by atoms with Gasteiger partial charge in [0.05, 0.1) is 0 Å². The molecule has 0 spiro atoms. The van der Waals surface area contributed by atoms with E-state index >= 15 is 0 Å². The summed E-state index contributed by atoms with van der Waals surface area (Å²) in [6, 6.07) is 0. The van der Waals surface area contributed by atoms with Gasteiger partial charge < -0.3 is 15.5 Å². The second-order valence-corrected chi connectivity index (χ2v) is 9.08. The van der Waals surface area contributed by atoms with Crippen molar-refractivity contribution in [3.63, 3.8) is 0 Å². The molecule has 0 aliphatic carbocycles. The summed E-state index contributed by atoms with van der Waals surface area (Å²) in [5, 5.41) is 6.46. The molecule has 5 nitrogen and oxygen atoms in total. The summed E-state index contributed by atoms with van der Waals surface area (Å²) in [7, 11) is 0. The molecule has 0 aromatic rings. The summed E-state index contributed by atoms with van der Waals surface area (Å²) >= 11 is 0. The topological polar surface area (TPSA) is 61.4 Å². The molecule has 0 aromatic heterocycles. The molecule has 2 fully saturated rings. The SMILES string of the molecule is CC(CC(=O)N1CCCC(CNC(=O)C(C)(C)C)C1)C1CCNCC1. The number of hydrogen-bond donors (Lipinski definition) is 2. The van der Waals surface area contributed by atoms with Gasteiger partial charge in [-0.2, -0.15) is 0 Å². The molecule has 2 aliphatic heterocycles. The van der Waals surface area contributed by atoms with Gasteiger partial charge in [-0.05, 0) is 56.5 Å². The van der Waals surface area contributed by atoms with Crippen molar-refractivity contribution >= 4 is 11.8 Å². The molecular weight excluding hydrogens is 314 g/mol. The maximum atomic E-state index is 12.7. The lowest BCUT2D eigenvalue weighted by Crippen LogP contribution is -2.46. The number of piperidine rings is 2. The van der Waals surface area contributed by atoms with E-state index in [0.717, 1.165) is 39.0 Å². The molecule has 2 saturated heterocycles. The first kappa shape index (κ1) is 20.2. The highest BCUT2D eigenvalue weighted by Gasteiger charge is 2.28. The Kier molecular flexibility index (Phi) is 7.29. The first-order valence-electron chi connectivity index (χ1n) is 10.0. The summed E-state index contributed by atoms with van der Waals surface area (Å²) in [6.07, 6.45) is 5.19. The maximum absolute atomic E-state index is 12.7. The third-order valence-electron chi connectivity index (χ3n) is 5.79. The van der Waals surface area contributed by atoms with Gasteiger partial charge in [0.25, 0.3) is 0 Å². The molecule has 2 aliphatic rings. The van der Waals surface area contributed by atoms with Crippen LogP contribution in [0.25, 0.3) is 0 Å². The first-order chi connectivity index (χ1) is 11.8. The highest BCUT2D eigenvalue weighted by atomic mass is 16.2. The van der Waals surface area contributed by atoms with E-state index in [1.54, 1.807) is 0 Å². The maximum Gasteiger partial charge on any atom is 0.225 e. The van der Waals surface area contributed by atoms with Crippen LogP contribution in [0.2, 0.25) is 0 Å². The van der Waals surface area contributed by atoms with E-state index in [9.17, 15) is 9.59 Å². The lowest BCUT2D eigenvalue weighted by molar-refractivity contribution is -0.134. The van der Waals surface area contributed by atoms with Crippen LogP contribution in [0.4, 0.5) is 0 Å². The van der Waals surface area contributed by atoms with Crippen LogP contribution in [0, 0.1) is 23.2 Å². The Morgan fingerprint density at radius 3 is 2.52 bits per heavy atom. The number of carbonyl (C=O) groups excluding carboxylic acids is 2. The van der Waals surface area contributed by atoms with Gasteiger partial charge in [-0.1, -0.05) is 27.7 Å². The van der Waals surface area contributed by atoms with Crippen LogP contribution in [-0.2, 0) is 9.59 Å². The van der Waals surface area contributed by atoms with E-state index in [1.807, 2.05) is 25.7 Å². The van der Waals surface area contributed by atoms with Crippen molar-refractivity contribution < 1.29 is 9.59 Å². The third-order valence-corrected chi connectivity index (χ3v) is 5.79. The van der Waals surface area contributed by atoms with Gasteiger partial charge in [-0.3, -0.25) is 9.59 Å². The molecule has 2 N–H and O–H groups in total. The Hall–Kier alpha value is -1.10. The predicted molar refractivity (Wildman–Crippen MR) is 101 cm³/mol. The summed E-state index contributed by atoms with van der Waals surface area (Å²) in [4.78, 5) is 26.8. The average molecular weight is 352 g/mol. The Morgan fingerprint density at radius 1 is 1.20 bits per heavy atom. The summed E-state index contributed by atoms with van der Waals surface area (Å²) in [5.74, 6) is 1.93. The van der Waals surface area contributed by atoms with Crippen molar-refractivity contribution in [1.82, 2.24) is 15.5 Å². The Labute approximate surface area is 153 Å². The Bertz CT molecular complexity index is 452. The second-order valence-electron chi connectivity index (χ2n) is 9.08. The van der Waals surface area contributed by atoms with Crippen molar-refractivity contribution in [3.05, 3.63) is 0 Å². The standard InChI is InChI=1S/C20H37N3O2/c1-15(17-7-9-21-10-8-17)12-18(24)23-11-5-6-16(14-23)13-22-19(25)20(2,3)4/h15-17,21H,5-14H2,1-4H3,(H,22,25). The minimum Gasteiger partial charge on any atom is -0.355 e. The largest absolute Gasteiger partial charge is 0.355 e. The van der Waals surface area contributed by atoms with E-state index in [0.29, 0.717) is 36.6 Å². The van der Waals surface area contributed by atoms with Crippen LogP contribution in [0.15, 0.2) is 0 Å². The van der Waals surface area contributed by atoms with Crippen molar-refractivity contribution in [2.75, 3.05) is 32.7 Å². The normalized spacial score (nSPS) is 24.0. The van der Waals surface area contributed by atoms with E-state index in [-0.39, 0.29) is 11.3 Å². The monoisotopic (exact) mass is 351 g/mol. The van der Waals surface area contributed by atoms with Crippen LogP contribution in [0.1, 0.15) is 59.8 Å². The zero-order valence-electron chi connectivity index (χ0n) is 16.6. The van der Waals surface area contributed by atoms with E-state index < -0.39 is 0 Å². The Balaban J connectivity index is 1.77. The van der Waals surface area contributed by atoms with Gasteiger partial charge in [-0.15, -0.1) is 0 Å². The van der Waals surface area contributed by atoms with Crippen LogP contribution in [-0.4, -0.2) is 49.4 Å². The lowest BCUT2D eigenvalue weighted by Gasteiger charge is -2.35. The number of rotatable bonds is 5. The minimum atomic E-state index is -0.353. The fraction of sp³-hybridized carbons (Fsp3) is 0.900. The van der Waals surface area contributed by atoms with E-state index in [2.05, 4.69) is 17.6 Å². The van der Waals surface area contributed by atoms with Gasteiger partial charge >= 0.3 is 0 Å². The minimum absolute atomic E-state index is 0.0930. The van der Waals surface area contributed by atoms with Crippen LogP contribution < -0.4 is 10.6 Å². The van der Waals surface area contributed by atoms with Crippen molar-refractivity contribution in [3.8, 4) is 0 Å². The first-order valence-corrected chi connectivity index (χ1v) is 10.0. The van der Waals surface area contributed by atoms with Gasteiger partial charge in [0.1, 0.15) is 0 Å². The zero-order valence-corrected chi connectivity index (χ0v) is 16.6. The number of likely N-dealkylation sites (tertiary alicyclic amines) is 1. The highest BCUT2D eigenvalue weighted by molar-refractivity contribution is 5.81. The molecule has 0 bridgehead atoms. The molecular formula is C20H37N3O2. The third kappa shape index (κ3) is 6.28. The van der Waals surface area contributed by atoms with Gasteiger partial charge in [0, 0.05) is 31.5 Å². The molecule has 2 unspecified atom stereocenters. The van der Waals surface area contributed by atoms with E-state index in [1.165, 1.54) is 12.8 Å². The molecule has 0 radical (unpaired) electrons. The number of carbonyl (C=O) groups is 2. The van der Waals surface area contributed by atoms with Gasteiger partial charge in [-0.25, -0.2) is 0 Å². The van der Waals surface area contributed by atoms with Gasteiger partial charge in [0.2, 0.25) is 11.8 Å². The zero-order chi connectivity index (χ0) is 18.4. The molecule has 5 heteroatoms. The number of amides is 2. The van der Waals surface area contributed by atoms with Crippen LogP contribution in [0.3, 0.4) is 0 Å². The van der Waals surface area contributed by atoms with Crippen LogP contribution in [0.5, 0.6) is 0 Å². The molecule has 0 aromatic carbocycles. The summed E-state index contributed by atoms with van der Waals surface area (Å²) in [6.45, 7) is 12.6. The van der Waals surface area contributed by atoms with Crippen molar-refractivity contribution in [1.29, 1.82) is 0 Å². The molecule has 25 heavy (non-hydrogen) atoms.